The molecule has 0 aliphatic carbocycles. The number of carbonyl (C=O) groups is 1. The van der Waals surface area contributed by atoms with Crippen LogP contribution in [0.2, 0.25) is 0 Å². The maximum absolute atomic E-state index is 12.5. The van der Waals surface area contributed by atoms with Crippen LogP contribution in [-0.2, 0) is 4.79 Å². The molecule has 7 nitrogen and oxygen atoms in total. The highest BCUT2D eigenvalue weighted by atomic mass is 16.2. The molecule has 2 aromatic rings. The van der Waals surface area contributed by atoms with Gasteiger partial charge in [0.2, 0.25) is 11.9 Å². The Morgan fingerprint density at radius 1 is 1.12 bits per heavy atom. The van der Waals surface area contributed by atoms with Crippen LogP contribution in [0.15, 0.2) is 43.0 Å². The van der Waals surface area contributed by atoms with E-state index in [9.17, 15) is 4.79 Å². The van der Waals surface area contributed by atoms with Crippen LogP contribution in [0.4, 0.5) is 5.95 Å². The summed E-state index contributed by atoms with van der Waals surface area (Å²) < 4.78 is 0. The Kier molecular flexibility index (Phi) is 6.12. The number of nitrogens with zero attached hydrogens (tertiary/aromatic N) is 5. The van der Waals surface area contributed by atoms with Crippen molar-refractivity contribution in [2.24, 2.45) is 5.92 Å². The Morgan fingerprint density at radius 2 is 1.85 bits per heavy atom. The summed E-state index contributed by atoms with van der Waals surface area (Å²) in [6.07, 6.45) is 7.08. The molecule has 26 heavy (non-hydrogen) atoms. The van der Waals surface area contributed by atoms with Gasteiger partial charge in [-0.1, -0.05) is 19.9 Å². The van der Waals surface area contributed by atoms with E-state index in [-0.39, 0.29) is 11.9 Å². The van der Waals surface area contributed by atoms with Gasteiger partial charge in [0, 0.05) is 51.0 Å². The van der Waals surface area contributed by atoms with Gasteiger partial charge in [-0.2, -0.15) is 0 Å². The van der Waals surface area contributed by atoms with E-state index >= 15 is 0 Å². The summed E-state index contributed by atoms with van der Waals surface area (Å²) in [6, 6.07) is 5.71. The molecular weight excluding hydrogens is 328 g/mol. The molecule has 1 aliphatic rings. The SMILES string of the molecule is CC(C)[C@H](NC(=O)CN1CCN(c2ncccn2)CC1)c1cccnc1. The van der Waals surface area contributed by atoms with E-state index in [1.807, 2.05) is 24.4 Å². The van der Waals surface area contributed by atoms with Gasteiger partial charge in [0.05, 0.1) is 12.6 Å². The maximum Gasteiger partial charge on any atom is 0.234 e. The van der Waals surface area contributed by atoms with Crippen LogP contribution in [0.5, 0.6) is 0 Å². The summed E-state index contributed by atoms with van der Waals surface area (Å²) in [7, 11) is 0. The van der Waals surface area contributed by atoms with Crippen LogP contribution in [0.25, 0.3) is 0 Å². The van der Waals surface area contributed by atoms with E-state index in [0.717, 1.165) is 37.7 Å². The predicted octanol–water partition coefficient (Wildman–Crippen LogP) is 1.51. The van der Waals surface area contributed by atoms with Crippen molar-refractivity contribution in [3.05, 3.63) is 48.5 Å². The Labute approximate surface area is 154 Å². The van der Waals surface area contributed by atoms with Crippen molar-refractivity contribution >= 4 is 11.9 Å². The number of nitrogens with one attached hydrogen (secondary N) is 1. The molecule has 0 aromatic carbocycles. The molecule has 2 aromatic heterocycles. The van der Waals surface area contributed by atoms with Crippen molar-refractivity contribution in [2.75, 3.05) is 37.6 Å². The fourth-order valence-electron chi connectivity index (χ4n) is 3.18. The maximum atomic E-state index is 12.5. The molecule has 138 valence electrons. The number of hydrogen-bond donors (Lipinski definition) is 1. The second-order valence-electron chi connectivity index (χ2n) is 6.89. The van der Waals surface area contributed by atoms with Crippen LogP contribution >= 0.6 is 0 Å². The van der Waals surface area contributed by atoms with Gasteiger partial charge in [-0.3, -0.25) is 14.7 Å². The Bertz CT molecular complexity index is 686. The van der Waals surface area contributed by atoms with Crippen molar-refractivity contribution in [2.45, 2.75) is 19.9 Å². The van der Waals surface area contributed by atoms with E-state index in [1.165, 1.54) is 0 Å². The first kappa shape index (κ1) is 18.3. The number of anilines is 1. The summed E-state index contributed by atoms with van der Waals surface area (Å²) in [6.45, 7) is 7.93. The fraction of sp³-hybridized carbons (Fsp3) is 0.474. The van der Waals surface area contributed by atoms with Crippen LogP contribution in [-0.4, -0.2) is 58.5 Å². The van der Waals surface area contributed by atoms with Crippen molar-refractivity contribution in [1.29, 1.82) is 0 Å². The van der Waals surface area contributed by atoms with E-state index in [4.69, 9.17) is 0 Å². The Balaban J connectivity index is 1.51. The van der Waals surface area contributed by atoms with E-state index in [0.29, 0.717) is 12.5 Å². The lowest BCUT2D eigenvalue weighted by Gasteiger charge is -2.34. The Morgan fingerprint density at radius 3 is 2.46 bits per heavy atom. The van der Waals surface area contributed by atoms with Crippen molar-refractivity contribution in [3.8, 4) is 0 Å². The van der Waals surface area contributed by atoms with Gasteiger partial charge in [0.25, 0.3) is 0 Å². The zero-order chi connectivity index (χ0) is 18.4. The molecule has 1 aliphatic heterocycles. The van der Waals surface area contributed by atoms with Gasteiger partial charge in [-0.15, -0.1) is 0 Å². The summed E-state index contributed by atoms with van der Waals surface area (Å²) in [5.41, 5.74) is 1.04. The van der Waals surface area contributed by atoms with Gasteiger partial charge >= 0.3 is 0 Å². The number of rotatable bonds is 6. The molecular formula is C19H26N6O. The van der Waals surface area contributed by atoms with Crippen LogP contribution in [0.3, 0.4) is 0 Å². The van der Waals surface area contributed by atoms with E-state index < -0.39 is 0 Å². The smallest absolute Gasteiger partial charge is 0.234 e. The Hall–Kier alpha value is -2.54. The number of hydrogen-bond acceptors (Lipinski definition) is 6. The van der Waals surface area contributed by atoms with Crippen LogP contribution in [0.1, 0.15) is 25.5 Å². The average molecular weight is 354 g/mol. The van der Waals surface area contributed by atoms with E-state index in [2.05, 4.69) is 43.9 Å². The van der Waals surface area contributed by atoms with Gasteiger partial charge in [0.15, 0.2) is 0 Å². The second-order valence-corrected chi connectivity index (χ2v) is 6.89. The standard InChI is InChI=1S/C19H26N6O/c1-15(2)18(16-5-3-6-20-13-16)23-17(26)14-24-9-11-25(12-10-24)19-21-7-4-8-22-19/h3-8,13,15,18H,9-12,14H2,1-2H3,(H,23,26)/t18-/m0/s1. The summed E-state index contributed by atoms with van der Waals surface area (Å²) in [5.74, 6) is 1.11. The molecule has 0 spiro atoms. The molecule has 1 atom stereocenters. The van der Waals surface area contributed by atoms with Gasteiger partial charge in [-0.05, 0) is 23.6 Å². The normalized spacial score (nSPS) is 16.5. The number of amides is 1. The third-order valence-electron chi connectivity index (χ3n) is 4.60. The monoisotopic (exact) mass is 354 g/mol. The highest BCUT2D eigenvalue weighted by molar-refractivity contribution is 5.78. The molecule has 3 heterocycles. The highest BCUT2D eigenvalue weighted by Crippen LogP contribution is 2.20. The minimum atomic E-state index is -0.0183. The highest BCUT2D eigenvalue weighted by Gasteiger charge is 2.23. The first-order valence-electron chi connectivity index (χ1n) is 9.07. The minimum Gasteiger partial charge on any atom is -0.348 e. The molecule has 0 unspecified atom stereocenters. The van der Waals surface area contributed by atoms with Gasteiger partial charge in [-0.25, -0.2) is 9.97 Å². The second kappa shape index (κ2) is 8.71. The number of aromatic nitrogens is 3. The third kappa shape index (κ3) is 4.76. The quantitative estimate of drug-likeness (QED) is 0.848. The molecule has 0 bridgehead atoms. The van der Waals surface area contributed by atoms with Crippen LogP contribution < -0.4 is 10.2 Å². The molecule has 3 rings (SSSR count). The zero-order valence-electron chi connectivity index (χ0n) is 15.4. The lowest BCUT2D eigenvalue weighted by atomic mass is 9.97. The molecule has 1 amide bonds. The first-order chi connectivity index (χ1) is 12.6. The average Bonchev–Trinajstić information content (AvgIpc) is 2.68. The number of piperazine rings is 1. The van der Waals surface area contributed by atoms with Crippen LogP contribution in [0, 0.1) is 5.92 Å². The first-order valence-corrected chi connectivity index (χ1v) is 9.07. The number of pyridine rings is 1. The lowest BCUT2D eigenvalue weighted by molar-refractivity contribution is -0.123. The van der Waals surface area contributed by atoms with Crippen molar-refractivity contribution < 1.29 is 4.79 Å². The van der Waals surface area contributed by atoms with Gasteiger partial charge < -0.3 is 10.2 Å². The largest absolute Gasteiger partial charge is 0.348 e. The minimum absolute atomic E-state index is 0.0183. The molecule has 1 N–H and O–H groups in total. The molecule has 7 heteroatoms. The zero-order valence-corrected chi connectivity index (χ0v) is 15.4. The predicted molar refractivity (Wildman–Crippen MR) is 101 cm³/mol. The van der Waals surface area contributed by atoms with Crippen molar-refractivity contribution in [1.82, 2.24) is 25.2 Å². The molecule has 1 fully saturated rings. The van der Waals surface area contributed by atoms with E-state index in [1.54, 1.807) is 18.6 Å². The summed E-state index contributed by atoms with van der Waals surface area (Å²) in [5, 5.41) is 3.16. The summed E-state index contributed by atoms with van der Waals surface area (Å²) >= 11 is 0. The molecule has 1 saturated heterocycles. The fourth-order valence-corrected chi connectivity index (χ4v) is 3.18. The van der Waals surface area contributed by atoms with Crippen molar-refractivity contribution in [3.63, 3.8) is 0 Å². The number of carbonyl (C=O) groups excluding carboxylic acids is 1. The lowest BCUT2D eigenvalue weighted by Crippen LogP contribution is -2.50. The molecule has 0 radical (unpaired) electrons. The van der Waals surface area contributed by atoms with Gasteiger partial charge in [0.1, 0.15) is 0 Å². The molecule has 0 saturated carbocycles. The topological polar surface area (TPSA) is 74.2 Å². The summed E-state index contributed by atoms with van der Waals surface area (Å²) in [4.78, 5) is 29.6. The third-order valence-corrected chi connectivity index (χ3v) is 4.60.